The Morgan fingerprint density at radius 1 is 1.28 bits per heavy atom. The van der Waals surface area contributed by atoms with E-state index in [9.17, 15) is 0 Å². The normalized spacial score (nSPS) is 19.7. The van der Waals surface area contributed by atoms with Crippen LogP contribution in [0.5, 0.6) is 0 Å². The third kappa shape index (κ3) is 3.39. The van der Waals surface area contributed by atoms with Crippen LogP contribution in [0, 0.1) is 12.3 Å². The number of hydrogen-bond donors (Lipinski definition) is 2. The molecule has 0 aliphatic carbocycles. The van der Waals surface area contributed by atoms with Crippen LogP contribution in [-0.2, 0) is 0 Å². The lowest BCUT2D eigenvalue weighted by Gasteiger charge is -2.38. The molecule has 1 fully saturated rings. The van der Waals surface area contributed by atoms with Gasteiger partial charge in [-0.3, -0.25) is 0 Å². The topological polar surface area (TPSA) is 41.3 Å². The second-order valence-corrected chi connectivity index (χ2v) is 6.10. The number of aryl methyl sites for hydroxylation is 1. The van der Waals surface area contributed by atoms with Gasteiger partial charge in [0.1, 0.15) is 0 Å². The Bertz CT molecular complexity index is 386. The maximum Gasteiger partial charge on any atom is 0.0363 e. The highest BCUT2D eigenvalue weighted by atomic mass is 15.1. The quantitative estimate of drug-likeness (QED) is 0.807. The van der Waals surface area contributed by atoms with E-state index in [0.717, 1.165) is 17.9 Å². The molecule has 100 valence electrons. The fourth-order valence-corrected chi connectivity index (χ4v) is 2.57. The SMILES string of the molecule is Cc1cc(N)cc(NCC2(C)CCN(C)CC2)c1. The predicted molar refractivity (Wildman–Crippen MR) is 78.9 cm³/mol. The van der Waals surface area contributed by atoms with Crippen LogP contribution in [0.2, 0.25) is 0 Å². The second-order valence-electron chi connectivity index (χ2n) is 6.10. The first kappa shape index (κ1) is 13.2. The highest BCUT2D eigenvalue weighted by Gasteiger charge is 2.28. The molecule has 0 bridgehead atoms. The minimum atomic E-state index is 0.408. The van der Waals surface area contributed by atoms with Gasteiger partial charge in [0.25, 0.3) is 0 Å². The Kier molecular flexibility index (Phi) is 3.81. The average molecular weight is 247 g/mol. The van der Waals surface area contributed by atoms with Gasteiger partial charge in [0.05, 0.1) is 0 Å². The smallest absolute Gasteiger partial charge is 0.0363 e. The van der Waals surface area contributed by atoms with Crippen molar-refractivity contribution in [3.05, 3.63) is 23.8 Å². The van der Waals surface area contributed by atoms with E-state index in [0.29, 0.717) is 5.41 Å². The molecule has 18 heavy (non-hydrogen) atoms. The minimum absolute atomic E-state index is 0.408. The number of likely N-dealkylation sites (tertiary alicyclic amines) is 1. The lowest BCUT2D eigenvalue weighted by Crippen LogP contribution is -2.40. The number of nitrogens with one attached hydrogen (secondary N) is 1. The molecule has 0 aromatic heterocycles. The van der Waals surface area contributed by atoms with E-state index in [-0.39, 0.29) is 0 Å². The number of piperidine rings is 1. The molecule has 0 atom stereocenters. The third-order valence-electron chi connectivity index (χ3n) is 4.01. The zero-order valence-electron chi connectivity index (χ0n) is 11.8. The molecular weight excluding hydrogens is 222 g/mol. The largest absolute Gasteiger partial charge is 0.399 e. The van der Waals surface area contributed by atoms with Gasteiger partial charge in [-0.05, 0) is 69.1 Å². The number of benzene rings is 1. The van der Waals surface area contributed by atoms with Gasteiger partial charge >= 0.3 is 0 Å². The molecule has 0 amide bonds. The summed E-state index contributed by atoms with van der Waals surface area (Å²) in [6.07, 6.45) is 2.52. The standard InChI is InChI=1S/C15H25N3/c1-12-8-13(16)10-14(9-12)17-11-15(2)4-6-18(3)7-5-15/h8-10,17H,4-7,11,16H2,1-3H3. The van der Waals surface area contributed by atoms with Crippen LogP contribution in [0.15, 0.2) is 18.2 Å². The van der Waals surface area contributed by atoms with Crippen LogP contribution in [0.25, 0.3) is 0 Å². The Morgan fingerprint density at radius 3 is 2.56 bits per heavy atom. The molecule has 1 aliphatic heterocycles. The number of nitrogen functional groups attached to an aromatic ring is 1. The zero-order chi connectivity index (χ0) is 13.2. The van der Waals surface area contributed by atoms with Crippen molar-refractivity contribution in [2.45, 2.75) is 26.7 Å². The molecule has 0 radical (unpaired) electrons. The van der Waals surface area contributed by atoms with E-state index in [1.807, 2.05) is 12.1 Å². The maximum atomic E-state index is 5.87. The summed E-state index contributed by atoms with van der Waals surface area (Å²) >= 11 is 0. The van der Waals surface area contributed by atoms with Gasteiger partial charge in [-0.1, -0.05) is 6.92 Å². The number of rotatable bonds is 3. The van der Waals surface area contributed by atoms with E-state index in [4.69, 9.17) is 5.73 Å². The highest BCUT2D eigenvalue weighted by Crippen LogP contribution is 2.30. The predicted octanol–water partition coefficient (Wildman–Crippen LogP) is 2.72. The van der Waals surface area contributed by atoms with Gasteiger partial charge < -0.3 is 16.0 Å². The Labute approximate surface area is 110 Å². The van der Waals surface area contributed by atoms with Crippen LogP contribution in [-0.4, -0.2) is 31.6 Å². The number of nitrogens with zero attached hydrogens (tertiary/aromatic N) is 1. The summed E-state index contributed by atoms with van der Waals surface area (Å²) in [4.78, 5) is 2.41. The third-order valence-corrected chi connectivity index (χ3v) is 4.01. The summed E-state index contributed by atoms with van der Waals surface area (Å²) < 4.78 is 0. The van der Waals surface area contributed by atoms with Crippen molar-refractivity contribution in [2.24, 2.45) is 5.41 Å². The lowest BCUT2D eigenvalue weighted by molar-refractivity contribution is 0.150. The van der Waals surface area contributed by atoms with E-state index in [2.05, 4.69) is 37.2 Å². The van der Waals surface area contributed by atoms with Crippen LogP contribution in [0.4, 0.5) is 11.4 Å². The van der Waals surface area contributed by atoms with Gasteiger partial charge in [-0.25, -0.2) is 0 Å². The van der Waals surface area contributed by atoms with Crippen molar-refractivity contribution >= 4 is 11.4 Å². The molecule has 0 spiro atoms. The van der Waals surface area contributed by atoms with Crippen molar-refractivity contribution in [1.29, 1.82) is 0 Å². The minimum Gasteiger partial charge on any atom is -0.399 e. The van der Waals surface area contributed by atoms with Gasteiger partial charge in [0, 0.05) is 17.9 Å². The maximum absolute atomic E-state index is 5.87. The molecular formula is C15H25N3. The molecule has 1 aromatic rings. The molecule has 1 aliphatic rings. The van der Waals surface area contributed by atoms with Gasteiger partial charge in [0.15, 0.2) is 0 Å². The van der Waals surface area contributed by atoms with Gasteiger partial charge in [-0.15, -0.1) is 0 Å². The molecule has 2 rings (SSSR count). The molecule has 1 heterocycles. The van der Waals surface area contributed by atoms with Crippen LogP contribution in [0.3, 0.4) is 0 Å². The number of nitrogens with two attached hydrogens (primary N) is 1. The summed E-state index contributed by atoms with van der Waals surface area (Å²) in [5.74, 6) is 0. The lowest BCUT2D eigenvalue weighted by atomic mass is 9.80. The number of anilines is 2. The number of hydrogen-bond acceptors (Lipinski definition) is 3. The summed E-state index contributed by atoms with van der Waals surface area (Å²) in [7, 11) is 2.20. The first-order chi connectivity index (χ1) is 8.47. The Balaban J connectivity index is 1.94. The second kappa shape index (κ2) is 5.19. The van der Waals surface area contributed by atoms with Crippen LogP contribution in [0.1, 0.15) is 25.3 Å². The van der Waals surface area contributed by atoms with Crippen LogP contribution < -0.4 is 11.1 Å². The van der Waals surface area contributed by atoms with Crippen molar-refractivity contribution in [3.8, 4) is 0 Å². The van der Waals surface area contributed by atoms with Crippen molar-refractivity contribution in [3.63, 3.8) is 0 Å². The molecule has 3 nitrogen and oxygen atoms in total. The summed E-state index contributed by atoms with van der Waals surface area (Å²) in [5, 5.41) is 3.55. The Hall–Kier alpha value is -1.22. The van der Waals surface area contributed by atoms with E-state index < -0.39 is 0 Å². The van der Waals surface area contributed by atoms with Gasteiger partial charge in [0.2, 0.25) is 0 Å². The zero-order valence-corrected chi connectivity index (χ0v) is 11.8. The molecule has 3 heteroatoms. The van der Waals surface area contributed by atoms with E-state index in [1.165, 1.54) is 31.5 Å². The molecule has 1 saturated heterocycles. The molecule has 3 N–H and O–H groups in total. The fourth-order valence-electron chi connectivity index (χ4n) is 2.57. The fraction of sp³-hybridized carbons (Fsp3) is 0.600. The summed E-state index contributed by atoms with van der Waals surface area (Å²) in [6.45, 7) is 7.90. The molecule has 1 aromatic carbocycles. The first-order valence-corrected chi connectivity index (χ1v) is 6.76. The summed E-state index contributed by atoms with van der Waals surface area (Å²) in [5.41, 5.74) is 9.48. The molecule has 0 saturated carbocycles. The van der Waals surface area contributed by atoms with Gasteiger partial charge in [-0.2, -0.15) is 0 Å². The monoisotopic (exact) mass is 247 g/mol. The average Bonchev–Trinajstić information content (AvgIpc) is 2.30. The van der Waals surface area contributed by atoms with Crippen molar-refractivity contribution in [2.75, 3.05) is 37.7 Å². The summed E-state index contributed by atoms with van der Waals surface area (Å²) in [6, 6.07) is 6.18. The molecule has 0 unspecified atom stereocenters. The first-order valence-electron chi connectivity index (χ1n) is 6.76. The Morgan fingerprint density at radius 2 is 1.94 bits per heavy atom. The van der Waals surface area contributed by atoms with E-state index in [1.54, 1.807) is 0 Å². The van der Waals surface area contributed by atoms with Crippen LogP contribution >= 0.6 is 0 Å². The van der Waals surface area contributed by atoms with Crippen molar-refractivity contribution < 1.29 is 0 Å². The van der Waals surface area contributed by atoms with Crippen molar-refractivity contribution in [1.82, 2.24) is 4.90 Å². The van der Waals surface area contributed by atoms with E-state index >= 15 is 0 Å². The highest BCUT2D eigenvalue weighted by molar-refractivity contribution is 5.56.